The van der Waals surface area contributed by atoms with Gasteiger partial charge in [0.05, 0.1) is 12.7 Å². The molecule has 0 aliphatic carbocycles. The molecule has 0 aliphatic rings. The molecule has 0 saturated carbocycles. The molecule has 0 spiro atoms. The first-order valence-corrected chi connectivity index (χ1v) is 7.51. The number of halogens is 1. The van der Waals surface area contributed by atoms with E-state index >= 15 is 0 Å². The Kier molecular flexibility index (Phi) is 4.11. The second-order valence-electron chi connectivity index (χ2n) is 4.74. The predicted molar refractivity (Wildman–Crippen MR) is 89.6 cm³/mol. The first kappa shape index (κ1) is 14.6. The van der Waals surface area contributed by atoms with E-state index in [9.17, 15) is 4.79 Å². The number of benzene rings is 3. The maximum absolute atomic E-state index is 12.2. The lowest BCUT2D eigenvalue weighted by molar-refractivity contribution is 0.0734. The molecule has 0 aliphatic heterocycles. The third kappa shape index (κ3) is 2.97. The Balaban J connectivity index is 1.90. The van der Waals surface area contributed by atoms with E-state index in [0.717, 1.165) is 16.5 Å². The molecule has 0 amide bonds. The monoisotopic (exact) mass is 356 g/mol. The van der Waals surface area contributed by atoms with Crippen molar-refractivity contribution in [2.45, 2.75) is 0 Å². The van der Waals surface area contributed by atoms with Crippen molar-refractivity contribution in [1.82, 2.24) is 0 Å². The van der Waals surface area contributed by atoms with Gasteiger partial charge in [-0.25, -0.2) is 4.79 Å². The topological polar surface area (TPSA) is 35.5 Å². The molecule has 0 unspecified atom stereocenters. The summed E-state index contributed by atoms with van der Waals surface area (Å²) in [5.41, 5.74) is 0.494. The molecule has 0 radical (unpaired) electrons. The van der Waals surface area contributed by atoms with Gasteiger partial charge in [0.15, 0.2) is 0 Å². The Bertz CT molecular complexity index is 843. The summed E-state index contributed by atoms with van der Waals surface area (Å²) in [7, 11) is 1.62. The number of esters is 1. The van der Waals surface area contributed by atoms with Crippen LogP contribution in [0.5, 0.6) is 11.5 Å². The van der Waals surface area contributed by atoms with Gasteiger partial charge in [-0.1, -0.05) is 24.3 Å². The van der Waals surface area contributed by atoms with Gasteiger partial charge in [0.1, 0.15) is 11.5 Å². The van der Waals surface area contributed by atoms with Crippen LogP contribution in [-0.2, 0) is 0 Å². The number of rotatable bonds is 3. The SMILES string of the molecule is COc1ccc2ccc(OC(=O)c3ccccc3Br)cc2c1. The lowest BCUT2D eigenvalue weighted by atomic mass is 10.1. The van der Waals surface area contributed by atoms with Gasteiger partial charge < -0.3 is 9.47 Å². The van der Waals surface area contributed by atoms with E-state index in [1.54, 1.807) is 25.3 Å². The quantitative estimate of drug-likeness (QED) is 0.498. The Labute approximate surface area is 136 Å². The molecule has 0 heterocycles. The molecule has 3 aromatic rings. The standard InChI is InChI=1S/C18H13BrO3/c1-21-14-8-6-12-7-9-15(11-13(12)10-14)22-18(20)16-4-2-3-5-17(16)19/h2-11H,1H3. The molecule has 0 bridgehead atoms. The molecule has 0 fully saturated rings. The van der Waals surface area contributed by atoms with E-state index in [0.29, 0.717) is 15.8 Å². The van der Waals surface area contributed by atoms with E-state index < -0.39 is 5.97 Å². The molecular formula is C18H13BrO3. The largest absolute Gasteiger partial charge is 0.497 e. The Morgan fingerprint density at radius 2 is 1.59 bits per heavy atom. The molecule has 3 nitrogen and oxygen atoms in total. The average Bonchev–Trinajstić information content (AvgIpc) is 2.54. The van der Waals surface area contributed by atoms with Crippen molar-refractivity contribution >= 4 is 32.7 Å². The molecule has 0 N–H and O–H groups in total. The van der Waals surface area contributed by atoms with Crippen LogP contribution in [0.3, 0.4) is 0 Å². The van der Waals surface area contributed by atoms with E-state index in [4.69, 9.17) is 9.47 Å². The van der Waals surface area contributed by atoms with Crippen LogP contribution < -0.4 is 9.47 Å². The van der Waals surface area contributed by atoms with E-state index in [2.05, 4.69) is 15.9 Å². The first-order chi connectivity index (χ1) is 10.7. The van der Waals surface area contributed by atoms with Gasteiger partial charge in [-0.05, 0) is 63.1 Å². The zero-order chi connectivity index (χ0) is 15.5. The Hall–Kier alpha value is -2.33. The summed E-state index contributed by atoms with van der Waals surface area (Å²) in [6.07, 6.45) is 0. The lowest BCUT2D eigenvalue weighted by Crippen LogP contribution is -2.09. The minimum atomic E-state index is -0.394. The van der Waals surface area contributed by atoms with Crippen molar-refractivity contribution in [2.24, 2.45) is 0 Å². The van der Waals surface area contributed by atoms with Gasteiger partial charge in [0, 0.05) is 4.47 Å². The van der Waals surface area contributed by atoms with Crippen molar-refractivity contribution in [3.63, 3.8) is 0 Å². The van der Waals surface area contributed by atoms with E-state index in [1.807, 2.05) is 42.5 Å². The summed E-state index contributed by atoms with van der Waals surface area (Å²) in [6.45, 7) is 0. The highest BCUT2D eigenvalue weighted by Gasteiger charge is 2.12. The van der Waals surface area contributed by atoms with Gasteiger partial charge in [0.2, 0.25) is 0 Å². The zero-order valence-corrected chi connectivity index (χ0v) is 13.5. The number of hydrogen-bond donors (Lipinski definition) is 0. The van der Waals surface area contributed by atoms with E-state index in [-0.39, 0.29) is 0 Å². The van der Waals surface area contributed by atoms with Gasteiger partial charge in [0.25, 0.3) is 0 Å². The van der Waals surface area contributed by atoms with Gasteiger partial charge in [-0.3, -0.25) is 0 Å². The maximum atomic E-state index is 12.2. The van der Waals surface area contributed by atoms with Crippen LogP contribution in [-0.4, -0.2) is 13.1 Å². The molecule has 0 atom stereocenters. The highest BCUT2D eigenvalue weighted by atomic mass is 79.9. The average molecular weight is 357 g/mol. The summed E-state index contributed by atoms with van der Waals surface area (Å²) in [5.74, 6) is 0.873. The van der Waals surface area contributed by atoms with E-state index in [1.165, 1.54) is 0 Å². The smallest absolute Gasteiger partial charge is 0.344 e. The summed E-state index contributed by atoms with van der Waals surface area (Å²) in [5, 5.41) is 2.01. The second kappa shape index (κ2) is 6.20. The van der Waals surface area contributed by atoms with Gasteiger partial charge >= 0.3 is 5.97 Å². The summed E-state index contributed by atoms with van der Waals surface area (Å²) in [6, 6.07) is 18.5. The number of ether oxygens (including phenoxy) is 2. The van der Waals surface area contributed by atoms with Crippen molar-refractivity contribution in [1.29, 1.82) is 0 Å². The van der Waals surface area contributed by atoms with Crippen molar-refractivity contribution < 1.29 is 14.3 Å². The van der Waals surface area contributed by atoms with Crippen LogP contribution in [0.2, 0.25) is 0 Å². The minimum Gasteiger partial charge on any atom is -0.497 e. The summed E-state index contributed by atoms with van der Waals surface area (Å²) >= 11 is 3.35. The zero-order valence-electron chi connectivity index (χ0n) is 11.9. The molecule has 3 rings (SSSR count). The lowest BCUT2D eigenvalue weighted by Gasteiger charge is -2.08. The highest BCUT2D eigenvalue weighted by Crippen LogP contribution is 2.26. The fourth-order valence-corrected chi connectivity index (χ4v) is 2.63. The Morgan fingerprint density at radius 1 is 0.909 bits per heavy atom. The third-order valence-electron chi connectivity index (χ3n) is 3.32. The van der Waals surface area contributed by atoms with Crippen molar-refractivity contribution in [3.8, 4) is 11.5 Å². The highest BCUT2D eigenvalue weighted by molar-refractivity contribution is 9.10. The van der Waals surface area contributed by atoms with Gasteiger partial charge in [-0.2, -0.15) is 0 Å². The second-order valence-corrected chi connectivity index (χ2v) is 5.60. The number of carbonyl (C=O) groups excluding carboxylic acids is 1. The number of methoxy groups -OCH3 is 1. The molecule has 0 saturated heterocycles. The third-order valence-corrected chi connectivity index (χ3v) is 4.01. The summed E-state index contributed by atoms with van der Waals surface area (Å²) < 4.78 is 11.4. The molecule has 110 valence electrons. The van der Waals surface area contributed by atoms with Crippen LogP contribution >= 0.6 is 15.9 Å². The number of hydrogen-bond acceptors (Lipinski definition) is 3. The fraction of sp³-hybridized carbons (Fsp3) is 0.0556. The molecular weight excluding hydrogens is 344 g/mol. The molecule has 4 heteroatoms. The number of fused-ring (bicyclic) bond motifs is 1. The van der Waals surface area contributed by atoms with Crippen LogP contribution in [0.1, 0.15) is 10.4 Å². The van der Waals surface area contributed by atoms with Crippen LogP contribution in [0.25, 0.3) is 10.8 Å². The maximum Gasteiger partial charge on any atom is 0.344 e. The minimum absolute atomic E-state index is 0.394. The number of carbonyl (C=O) groups is 1. The first-order valence-electron chi connectivity index (χ1n) is 6.72. The predicted octanol–water partition coefficient (Wildman–Crippen LogP) is 4.83. The van der Waals surface area contributed by atoms with Gasteiger partial charge in [-0.15, -0.1) is 0 Å². The molecule has 3 aromatic carbocycles. The molecule has 22 heavy (non-hydrogen) atoms. The van der Waals surface area contributed by atoms with Crippen LogP contribution in [0.15, 0.2) is 65.1 Å². The van der Waals surface area contributed by atoms with Crippen molar-refractivity contribution in [3.05, 3.63) is 70.7 Å². The molecule has 0 aromatic heterocycles. The Morgan fingerprint density at radius 3 is 2.32 bits per heavy atom. The summed E-state index contributed by atoms with van der Waals surface area (Å²) in [4.78, 5) is 12.2. The normalized spacial score (nSPS) is 10.5. The fourth-order valence-electron chi connectivity index (χ4n) is 2.18. The van der Waals surface area contributed by atoms with Crippen molar-refractivity contribution in [2.75, 3.05) is 7.11 Å². The van der Waals surface area contributed by atoms with Crippen LogP contribution in [0, 0.1) is 0 Å². The van der Waals surface area contributed by atoms with Crippen LogP contribution in [0.4, 0.5) is 0 Å².